The number of aliphatic hydroxyl groups excluding tert-OH is 1. The Morgan fingerprint density at radius 1 is 1.31 bits per heavy atom. The molecule has 2 aliphatic rings. The van der Waals surface area contributed by atoms with Gasteiger partial charge >= 0.3 is 0 Å². The van der Waals surface area contributed by atoms with E-state index in [-0.39, 0.29) is 30.5 Å². The summed E-state index contributed by atoms with van der Waals surface area (Å²) in [6.07, 6.45) is -0.706. The molecule has 0 saturated heterocycles. The van der Waals surface area contributed by atoms with Crippen LogP contribution in [-0.2, 0) is 27.9 Å². The van der Waals surface area contributed by atoms with Gasteiger partial charge in [0.25, 0.3) is 5.91 Å². The lowest BCUT2D eigenvalue weighted by Crippen LogP contribution is -2.38. The van der Waals surface area contributed by atoms with Crippen LogP contribution in [0.3, 0.4) is 0 Å². The van der Waals surface area contributed by atoms with E-state index in [1.807, 2.05) is 0 Å². The van der Waals surface area contributed by atoms with Crippen molar-refractivity contribution in [3.8, 4) is 5.75 Å². The molecule has 0 spiro atoms. The number of aliphatic hydroxyl groups is 1. The van der Waals surface area contributed by atoms with E-state index in [0.29, 0.717) is 23.7 Å². The molecule has 0 radical (unpaired) electrons. The van der Waals surface area contributed by atoms with Crippen LogP contribution in [0.2, 0.25) is 0 Å². The standard InChI is InChI=1S/C16H18N4O5S/c1-10(21)13-6-11-8-19(4-5-20(11)18-13)26(23,24)12-2-3-15-14(7-12)17-16(22)9-25-15/h2-3,6-7,10,21H,4-5,8-9H2,1H3,(H,17,22)/t10-/m0/s1. The minimum Gasteiger partial charge on any atom is -0.482 e. The molecule has 10 heteroatoms. The van der Waals surface area contributed by atoms with Crippen LogP contribution in [0.15, 0.2) is 29.2 Å². The van der Waals surface area contributed by atoms with Crippen LogP contribution in [-0.4, -0.2) is 46.7 Å². The van der Waals surface area contributed by atoms with Crippen molar-refractivity contribution in [3.63, 3.8) is 0 Å². The van der Waals surface area contributed by atoms with Crippen LogP contribution in [0.4, 0.5) is 5.69 Å². The second-order valence-electron chi connectivity index (χ2n) is 6.29. The molecule has 4 rings (SSSR count). The summed E-state index contributed by atoms with van der Waals surface area (Å²) in [6.45, 7) is 2.39. The molecule has 0 bridgehead atoms. The molecular formula is C16H18N4O5S. The quantitative estimate of drug-likeness (QED) is 0.803. The van der Waals surface area contributed by atoms with Gasteiger partial charge in [0.15, 0.2) is 6.61 Å². The number of benzene rings is 1. The van der Waals surface area contributed by atoms with E-state index in [4.69, 9.17) is 4.74 Å². The number of hydrogen-bond donors (Lipinski definition) is 2. The Labute approximate surface area is 150 Å². The fourth-order valence-corrected chi connectivity index (χ4v) is 4.47. The summed E-state index contributed by atoms with van der Waals surface area (Å²) in [5.41, 5.74) is 1.60. The molecule has 2 aromatic rings. The molecule has 9 nitrogen and oxygen atoms in total. The van der Waals surface area contributed by atoms with Gasteiger partial charge < -0.3 is 15.2 Å². The molecule has 138 valence electrons. The van der Waals surface area contributed by atoms with E-state index < -0.39 is 16.1 Å². The molecule has 0 saturated carbocycles. The first kappa shape index (κ1) is 17.0. The molecule has 1 amide bonds. The topological polar surface area (TPSA) is 114 Å². The molecule has 1 atom stereocenters. The van der Waals surface area contributed by atoms with E-state index in [1.165, 1.54) is 16.4 Å². The molecule has 1 aromatic heterocycles. The molecular weight excluding hydrogens is 360 g/mol. The van der Waals surface area contributed by atoms with E-state index >= 15 is 0 Å². The average Bonchev–Trinajstić information content (AvgIpc) is 3.04. The Morgan fingerprint density at radius 2 is 2.12 bits per heavy atom. The van der Waals surface area contributed by atoms with E-state index in [9.17, 15) is 18.3 Å². The van der Waals surface area contributed by atoms with Gasteiger partial charge in [-0.3, -0.25) is 9.48 Å². The lowest BCUT2D eigenvalue weighted by Gasteiger charge is -2.27. The van der Waals surface area contributed by atoms with E-state index in [1.54, 1.807) is 23.7 Å². The van der Waals surface area contributed by atoms with Gasteiger partial charge in [-0.1, -0.05) is 0 Å². The fraction of sp³-hybridized carbons (Fsp3) is 0.375. The highest BCUT2D eigenvalue weighted by molar-refractivity contribution is 7.89. The summed E-state index contributed by atoms with van der Waals surface area (Å²) < 4.78 is 34.3. The maximum Gasteiger partial charge on any atom is 0.262 e. The summed E-state index contributed by atoms with van der Waals surface area (Å²) >= 11 is 0. The number of nitrogens with one attached hydrogen (secondary N) is 1. The number of nitrogens with zero attached hydrogens (tertiary/aromatic N) is 3. The van der Waals surface area contributed by atoms with Gasteiger partial charge in [-0.15, -0.1) is 0 Å². The third-order valence-corrected chi connectivity index (χ3v) is 6.27. The number of hydrogen-bond acceptors (Lipinski definition) is 6. The van der Waals surface area contributed by atoms with Gasteiger partial charge in [0, 0.05) is 6.54 Å². The molecule has 0 aliphatic carbocycles. The Hall–Kier alpha value is -2.43. The maximum absolute atomic E-state index is 13.0. The number of anilines is 1. The highest BCUT2D eigenvalue weighted by Gasteiger charge is 2.31. The SMILES string of the molecule is C[C@H](O)c1cc2n(n1)CCN(S(=O)(=O)c1ccc3c(c1)NC(=O)CO3)C2. The zero-order chi connectivity index (χ0) is 18.5. The summed E-state index contributed by atoms with van der Waals surface area (Å²) in [7, 11) is -3.74. The summed E-state index contributed by atoms with van der Waals surface area (Å²) in [5.74, 6) is 0.126. The zero-order valence-electron chi connectivity index (χ0n) is 14.0. The number of ether oxygens (including phenoxy) is 1. The van der Waals surface area contributed by atoms with Crippen molar-refractivity contribution < 1.29 is 23.1 Å². The number of carbonyl (C=O) groups excluding carboxylic acids is 1. The van der Waals surface area contributed by atoms with E-state index in [0.717, 1.165) is 5.69 Å². The van der Waals surface area contributed by atoms with Gasteiger partial charge in [-0.25, -0.2) is 8.42 Å². The zero-order valence-corrected chi connectivity index (χ0v) is 14.9. The van der Waals surface area contributed by atoms with Gasteiger partial charge in [0.05, 0.1) is 41.2 Å². The van der Waals surface area contributed by atoms with Gasteiger partial charge in [0.2, 0.25) is 10.0 Å². The lowest BCUT2D eigenvalue weighted by molar-refractivity contribution is -0.118. The summed E-state index contributed by atoms with van der Waals surface area (Å²) in [6, 6.07) is 6.14. The van der Waals surface area contributed by atoms with Gasteiger partial charge in [0.1, 0.15) is 5.75 Å². The van der Waals surface area contributed by atoms with Crippen LogP contribution in [0, 0.1) is 0 Å². The first-order valence-corrected chi connectivity index (χ1v) is 9.60. The van der Waals surface area contributed by atoms with Crippen LogP contribution in [0.5, 0.6) is 5.75 Å². The van der Waals surface area contributed by atoms with Crippen LogP contribution < -0.4 is 10.1 Å². The summed E-state index contributed by atoms with van der Waals surface area (Å²) in [5, 5.41) is 16.6. The molecule has 26 heavy (non-hydrogen) atoms. The van der Waals surface area contributed by atoms with Crippen molar-refractivity contribution in [1.29, 1.82) is 0 Å². The normalized spacial score (nSPS) is 18.5. The van der Waals surface area contributed by atoms with Crippen molar-refractivity contribution >= 4 is 21.6 Å². The largest absolute Gasteiger partial charge is 0.482 e. The van der Waals surface area contributed by atoms with Crippen molar-refractivity contribution in [1.82, 2.24) is 14.1 Å². The number of rotatable bonds is 3. The number of fused-ring (bicyclic) bond motifs is 2. The molecule has 3 heterocycles. The number of sulfonamides is 1. The monoisotopic (exact) mass is 378 g/mol. The fourth-order valence-electron chi connectivity index (χ4n) is 3.05. The van der Waals surface area contributed by atoms with E-state index in [2.05, 4.69) is 10.4 Å². The predicted octanol–water partition coefficient (Wildman–Crippen LogP) is 0.472. The van der Waals surface area contributed by atoms with Crippen LogP contribution in [0.25, 0.3) is 0 Å². The Kier molecular flexibility index (Phi) is 3.98. The number of aromatic nitrogens is 2. The smallest absolute Gasteiger partial charge is 0.262 e. The molecule has 2 aliphatic heterocycles. The molecule has 2 N–H and O–H groups in total. The Bertz CT molecular complexity index is 983. The Balaban J connectivity index is 1.63. The number of carbonyl (C=O) groups is 1. The van der Waals surface area contributed by atoms with Crippen LogP contribution >= 0.6 is 0 Å². The average molecular weight is 378 g/mol. The minimum absolute atomic E-state index is 0.0825. The first-order valence-electron chi connectivity index (χ1n) is 8.16. The number of amides is 1. The van der Waals surface area contributed by atoms with Crippen LogP contribution in [0.1, 0.15) is 24.4 Å². The lowest BCUT2D eigenvalue weighted by atomic mass is 10.2. The predicted molar refractivity (Wildman–Crippen MR) is 91.0 cm³/mol. The van der Waals surface area contributed by atoms with Crippen molar-refractivity contribution in [2.45, 2.75) is 31.0 Å². The van der Waals surface area contributed by atoms with Crippen molar-refractivity contribution in [2.75, 3.05) is 18.5 Å². The highest BCUT2D eigenvalue weighted by Crippen LogP contribution is 2.32. The maximum atomic E-state index is 13.0. The van der Waals surface area contributed by atoms with Crippen molar-refractivity contribution in [2.24, 2.45) is 0 Å². The molecule has 0 fully saturated rings. The van der Waals surface area contributed by atoms with Gasteiger partial charge in [-0.2, -0.15) is 9.40 Å². The molecule has 0 unspecified atom stereocenters. The minimum atomic E-state index is -3.74. The molecule has 1 aromatic carbocycles. The van der Waals surface area contributed by atoms with Crippen molar-refractivity contribution in [3.05, 3.63) is 35.7 Å². The third-order valence-electron chi connectivity index (χ3n) is 4.43. The summed E-state index contributed by atoms with van der Waals surface area (Å²) in [4.78, 5) is 11.5. The third kappa shape index (κ3) is 2.85. The second-order valence-corrected chi connectivity index (χ2v) is 8.23. The van der Waals surface area contributed by atoms with Gasteiger partial charge in [-0.05, 0) is 31.2 Å². The highest BCUT2D eigenvalue weighted by atomic mass is 32.2. The first-order chi connectivity index (χ1) is 12.3. The Morgan fingerprint density at radius 3 is 2.88 bits per heavy atom. The second kappa shape index (κ2) is 6.08.